The summed E-state index contributed by atoms with van der Waals surface area (Å²) in [5.74, 6) is 0. The second-order valence-corrected chi connectivity index (χ2v) is 3.56. The number of allylic oxidation sites excluding steroid dienone is 1. The third-order valence-electron chi connectivity index (χ3n) is 2.36. The van der Waals surface area contributed by atoms with E-state index in [0.717, 1.165) is 28.7 Å². The van der Waals surface area contributed by atoms with E-state index in [9.17, 15) is 4.79 Å². The number of aromatic nitrogens is 2. The lowest BCUT2D eigenvalue weighted by Crippen LogP contribution is -1.94. The minimum absolute atomic E-state index is 0.622. The molecule has 16 heavy (non-hydrogen) atoms. The molecule has 0 saturated carbocycles. The molecular formula is C13H12N2O. The van der Waals surface area contributed by atoms with Crippen molar-refractivity contribution in [1.29, 1.82) is 0 Å². The van der Waals surface area contributed by atoms with Gasteiger partial charge in [-0.2, -0.15) is 0 Å². The van der Waals surface area contributed by atoms with Crippen molar-refractivity contribution >= 4 is 23.4 Å². The fraction of sp³-hybridized carbons (Fsp3) is 0.154. The fourth-order valence-electron chi connectivity index (χ4n) is 1.56. The highest BCUT2D eigenvalue weighted by Crippen LogP contribution is 2.14. The third-order valence-corrected chi connectivity index (χ3v) is 2.36. The van der Waals surface area contributed by atoms with Crippen molar-refractivity contribution in [2.24, 2.45) is 0 Å². The Morgan fingerprint density at radius 3 is 2.69 bits per heavy atom. The van der Waals surface area contributed by atoms with Crippen LogP contribution in [0.1, 0.15) is 28.7 Å². The van der Waals surface area contributed by atoms with Crippen LogP contribution in [0.2, 0.25) is 0 Å². The molecule has 0 aliphatic rings. The van der Waals surface area contributed by atoms with Crippen molar-refractivity contribution in [2.75, 3.05) is 0 Å². The summed E-state index contributed by atoms with van der Waals surface area (Å²) in [6.45, 7) is 3.86. The van der Waals surface area contributed by atoms with E-state index in [0.29, 0.717) is 5.56 Å². The molecule has 0 amide bonds. The Bertz CT molecular complexity index is 573. The van der Waals surface area contributed by atoms with Gasteiger partial charge in [-0.15, -0.1) is 0 Å². The summed E-state index contributed by atoms with van der Waals surface area (Å²) in [6.07, 6.45) is 4.65. The van der Waals surface area contributed by atoms with E-state index in [1.165, 1.54) is 0 Å². The first kappa shape index (κ1) is 10.5. The molecule has 1 aromatic heterocycles. The van der Waals surface area contributed by atoms with Crippen LogP contribution in [-0.2, 0) is 0 Å². The number of nitrogens with zero attached hydrogens (tertiary/aromatic N) is 2. The van der Waals surface area contributed by atoms with E-state index in [-0.39, 0.29) is 0 Å². The SMILES string of the molecule is C/C=C/c1nc2cc(C=O)ccc2nc1C. The molecule has 0 N–H and O–H groups in total. The van der Waals surface area contributed by atoms with Crippen LogP contribution in [0.3, 0.4) is 0 Å². The van der Waals surface area contributed by atoms with Crippen LogP contribution < -0.4 is 0 Å². The second-order valence-electron chi connectivity index (χ2n) is 3.56. The number of benzene rings is 1. The average molecular weight is 212 g/mol. The van der Waals surface area contributed by atoms with Crippen LogP contribution in [0.4, 0.5) is 0 Å². The molecule has 0 spiro atoms. The lowest BCUT2D eigenvalue weighted by molar-refractivity contribution is 0.112. The average Bonchev–Trinajstić information content (AvgIpc) is 2.30. The summed E-state index contributed by atoms with van der Waals surface area (Å²) in [5, 5.41) is 0. The molecule has 0 bridgehead atoms. The Morgan fingerprint density at radius 2 is 2.00 bits per heavy atom. The summed E-state index contributed by atoms with van der Waals surface area (Å²) in [6, 6.07) is 5.32. The summed E-state index contributed by atoms with van der Waals surface area (Å²) in [4.78, 5) is 19.6. The van der Waals surface area contributed by atoms with Crippen molar-refractivity contribution in [3.05, 3.63) is 41.2 Å². The molecule has 0 aliphatic carbocycles. The Morgan fingerprint density at radius 1 is 1.19 bits per heavy atom. The highest BCUT2D eigenvalue weighted by molar-refractivity contribution is 5.84. The van der Waals surface area contributed by atoms with Crippen molar-refractivity contribution in [2.45, 2.75) is 13.8 Å². The van der Waals surface area contributed by atoms with Gasteiger partial charge in [0, 0.05) is 5.56 Å². The molecule has 0 fully saturated rings. The second kappa shape index (κ2) is 4.23. The predicted octanol–water partition coefficient (Wildman–Crippen LogP) is 2.78. The minimum Gasteiger partial charge on any atom is -0.298 e. The molecule has 0 aliphatic heterocycles. The standard InChI is InChI=1S/C13H12N2O/c1-3-4-11-9(2)14-12-6-5-10(8-16)7-13(12)15-11/h3-8H,1-2H3/b4-3+. The van der Waals surface area contributed by atoms with Gasteiger partial charge in [-0.25, -0.2) is 9.97 Å². The zero-order chi connectivity index (χ0) is 11.5. The number of aryl methyl sites for hydroxylation is 1. The molecule has 1 aromatic carbocycles. The van der Waals surface area contributed by atoms with Gasteiger partial charge in [0.05, 0.1) is 22.4 Å². The molecule has 0 unspecified atom stereocenters. The van der Waals surface area contributed by atoms with Crippen molar-refractivity contribution in [3.63, 3.8) is 0 Å². The number of fused-ring (bicyclic) bond motifs is 1. The van der Waals surface area contributed by atoms with Crippen molar-refractivity contribution < 1.29 is 4.79 Å². The number of rotatable bonds is 2. The van der Waals surface area contributed by atoms with Gasteiger partial charge in [0.2, 0.25) is 0 Å². The van der Waals surface area contributed by atoms with Gasteiger partial charge in [0.15, 0.2) is 0 Å². The van der Waals surface area contributed by atoms with Gasteiger partial charge in [-0.3, -0.25) is 4.79 Å². The molecule has 2 aromatic rings. The number of carbonyl (C=O) groups excluding carboxylic acids is 1. The highest BCUT2D eigenvalue weighted by Gasteiger charge is 2.03. The molecular weight excluding hydrogens is 200 g/mol. The minimum atomic E-state index is 0.622. The Balaban J connectivity index is 2.70. The Kier molecular flexibility index (Phi) is 2.77. The maximum atomic E-state index is 10.7. The van der Waals surface area contributed by atoms with Crippen LogP contribution in [0.15, 0.2) is 24.3 Å². The molecule has 0 radical (unpaired) electrons. The van der Waals surface area contributed by atoms with Gasteiger partial charge in [-0.1, -0.05) is 6.08 Å². The maximum absolute atomic E-state index is 10.7. The summed E-state index contributed by atoms with van der Waals surface area (Å²) < 4.78 is 0. The topological polar surface area (TPSA) is 42.9 Å². The quantitative estimate of drug-likeness (QED) is 0.719. The van der Waals surface area contributed by atoms with Gasteiger partial charge in [0.1, 0.15) is 6.29 Å². The van der Waals surface area contributed by atoms with Gasteiger partial charge < -0.3 is 0 Å². The van der Waals surface area contributed by atoms with Crippen molar-refractivity contribution in [3.8, 4) is 0 Å². The molecule has 2 rings (SSSR count). The predicted molar refractivity (Wildman–Crippen MR) is 64.4 cm³/mol. The van der Waals surface area contributed by atoms with Crippen LogP contribution in [0, 0.1) is 6.92 Å². The number of hydrogen-bond acceptors (Lipinski definition) is 3. The van der Waals surface area contributed by atoms with Gasteiger partial charge in [0.25, 0.3) is 0 Å². The smallest absolute Gasteiger partial charge is 0.150 e. The summed E-state index contributed by atoms with van der Waals surface area (Å²) >= 11 is 0. The van der Waals surface area contributed by atoms with Gasteiger partial charge >= 0.3 is 0 Å². The van der Waals surface area contributed by atoms with E-state index < -0.39 is 0 Å². The first-order chi connectivity index (χ1) is 7.74. The first-order valence-corrected chi connectivity index (χ1v) is 5.11. The molecule has 1 heterocycles. The molecule has 80 valence electrons. The van der Waals surface area contributed by atoms with Crippen LogP contribution >= 0.6 is 0 Å². The maximum Gasteiger partial charge on any atom is 0.150 e. The number of hydrogen-bond donors (Lipinski definition) is 0. The third kappa shape index (κ3) is 1.84. The lowest BCUT2D eigenvalue weighted by atomic mass is 10.2. The van der Waals surface area contributed by atoms with E-state index in [2.05, 4.69) is 9.97 Å². The highest BCUT2D eigenvalue weighted by atomic mass is 16.1. The molecule has 3 heteroatoms. The Labute approximate surface area is 93.8 Å². The molecule has 0 atom stereocenters. The monoisotopic (exact) mass is 212 g/mol. The van der Waals surface area contributed by atoms with Crippen molar-refractivity contribution in [1.82, 2.24) is 9.97 Å². The van der Waals surface area contributed by atoms with E-state index >= 15 is 0 Å². The van der Waals surface area contributed by atoms with Crippen LogP contribution in [0.5, 0.6) is 0 Å². The zero-order valence-corrected chi connectivity index (χ0v) is 9.27. The Hall–Kier alpha value is -2.03. The normalized spacial score (nSPS) is 11.1. The largest absolute Gasteiger partial charge is 0.298 e. The summed E-state index contributed by atoms with van der Waals surface area (Å²) in [5.41, 5.74) is 3.93. The van der Waals surface area contributed by atoms with Crippen LogP contribution in [-0.4, -0.2) is 16.3 Å². The first-order valence-electron chi connectivity index (χ1n) is 5.11. The fourth-order valence-corrected chi connectivity index (χ4v) is 1.56. The molecule has 3 nitrogen and oxygen atoms in total. The number of carbonyl (C=O) groups is 1. The summed E-state index contributed by atoms with van der Waals surface area (Å²) in [7, 11) is 0. The van der Waals surface area contributed by atoms with Gasteiger partial charge in [-0.05, 0) is 38.1 Å². The van der Waals surface area contributed by atoms with E-state index in [1.54, 1.807) is 12.1 Å². The van der Waals surface area contributed by atoms with E-state index in [4.69, 9.17) is 0 Å². The zero-order valence-electron chi connectivity index (χ0n) is 9.27. The van der Waals surface area contributed by atoms with E-state index in [1.807, 2.05) is 32.1 Å². The molecule has 0 saturated heterocycles. The lowest BCUT2D eigenvalue weighted by Gasteiger charge is -2.03. The van der Waals surface area contributed by atoms with Crippen LogP contribution in [0.25, 0.3) is 17.1 Å². The number of aldehydes is 1.